The second-order valence-electron chi connectivity index (χ2n) is 5.65. The van der Waals surface area contributed by atoms with Crippen LogP contribution in [0.15, 0.2) is 0 Å². The van der Waals surface area contributed by atoms with Crippen LogP contribution in [0.4, 0.5) is 0 Å². The topological polar surface area (TPSA) is 37.3 Å². The molecular weight excluding hydrogens is 212 g/mol. The van der Waals surface area contributed by atoms with E-state index < -0.39 is 5.97 Å². The summed E-state index contributed by atoms with van der Waals surface area (Å²) in [6.07, 6.45) is 10.9. The molecule has 0 heterocycles. The smallest absolute Gasteiger partial charge is 0.309 e. The van der Waals surface area contributed by atoms with Gasteiger partial charge in [-0.1, -0.05) is 52.4 Å². The van der Waals surface area contributed by atoms with Gasteiger partial charge in [-0.15, -0.1) is 0 Å². The maximum atomic E-state index is 11.8. The van der Waals surface area contributed by atoms with Crippen LogP contribution >= 0.6 is 0 Å². The standard InChI is InChI=1S/C15H28O2/c1-3-5-9-13-10-7-8-12-15(13,14(16)17)11-6-4-2/h13H,3-12H2,1-2H3,(H,16,17). The second-order valence-corrected chi connectivity index (χ2v) is 5.65. The first-order valence-corrected chi connectivity index (χ1v) is 7.40. The van der Waals surface area contributed by atoms with Crippen LogP contribution in [-0.2, 0) is 4.79 Å². The summed E-state index contributed by atoms with van der Waals surface area (Å²) in [5.41, 5.74) is -0.385. The number of hydrogen-bond donors (Lipinski definition) is 1. The summed E-state index contributed by atoms with van der Waals surface area (Å²) >= 11 is 0. The summed E-state index contributed by atoms with van der Waals surface area (Å²) in [4.78, 5) is 11.8. The van der Waals surface area contributed by atoms with Crippen molar-refractivity contribution in [3.63, 3.8) is 0 Å². The van der Waals surface area contributed by atoms with Crippen molar-refractivity contribution < 1.29 is 9.90 Å². The Morgan fingerprint density at radius 2 is 1.94 bits per heavy atom. The molecule has 0 aromatic heterocycles. The first-order valence-electron chi connectivity index (χ1n) is 7.40. The summed E-state index contributed by atoms with van der Waals surface area (Å²) in [7, 11) is 0. The van der Waals surface area contributed by atoms with Crippen LogP contribution in [-0.4, -0.2) is 11.1 Å². The van der Waals surface area contributed by atoms with Crippen LogP contribution in [0.5, 0.6) is 0 Å². The molecule has 2 nitrogen and oxygen atoms in total. The molecule has 1 fully saturated rings. The normalized spacial score (nSPS) is 29.2. The highest BCUT2D eigenvalue weighted by Gasteiger charge is 2.45. The van der Waals surface area contributed by atoms with E-state index in [4.69, 9.17) is 0 Å². The van der Waals surface area contributed by atoms with E-state index in [9.17, 15) is 9.90 Å². The molecule has 0 radical (unpaired) electrons. The number of hydrogen-bond acceptors (Lipinski definition) is 1. The lowest BCUT2D eigenvalue weighted by atomic mass is 9.62. The average molecular weight is 240 g/mol. The minimum absolute atomic E-state index is 0.385. The molecule has 0 bridgehead atoms. The highest BCUT2D eigenvalue weighted by molar-refractivity contribution is 5.75. The zero-order valence-electron chi connectivity index (χ0n) is 11.5. The van der Waals surface area contributed by atoms with E-state index in [1.807, 2.05) is 0 Å². The van der Waals surface area contributed by atoms with Crippen molar-refractivity contribution in [2.45, 2.75) is 78.1 Å². The Kier molecular flexibility index (Phi) is 6.01. The van der Waals surface area contributed by atoms with E-state index in [2.05, 4.69) is 13.8 Å². The molecule has 1 saturated carbocycles. The lowest BCUT2D eigenvalue weighted by Gasteiger charge is -2.41. The lowest BCUT2D eigenvalue weighted by molar-refractivity contribution is -0.156. The number of rotatable bonds is 7. The Balaban J connectivity index is 2.76. The highest BCUT2D eigenvalue weighted by Crippen LogP contribution is 2.47. The van der Waals surface area contributed by atoms with E-state index in [0.29, 0.717) is 5.92 Å². The molecule has 0 spiro atoms. The maximum Gasteiger partial charge on any atom is 0.309 e. The first-order chi connectivity index (χ1) is 8.17. The molecule has 1 aliphatic rings. The van der Waals surface area contributed by atoms with E-state index in [-0.39, 0.29) is 5.41 Å². The van der Waals surface area contributed by atoms with Gasteiger partial charge in [0.2, 0.25) is 0 Å². The second kappa shape index (κ2) is 7.03. The molecule has 100 valence electrons. The molecule has 0 saturated heterocycles. The van der Waals surface area contributed by atoms with Crippen LogP contribution < -0.4 is 0 Å². The summed E-state index contributed by atoms with van der Waals surface area (Å²) in [6.45, 7) is 4.34. The Labute approximate surface area is 106 Å². The van der Waals surface area contributed by atoms with Crippen molar-refractivity contribution in [2.75, 3.05) is 0 Å². The van der Waals surface area contributed by atoms with E-state index in [1.54, 1.807) is 0 Å². The van der Waals surface area contributed by atoms with E-state index in [1.165, 1.54) is 19.3 Å². The van der Waals surface area contributed by atoms with Crippen molar-refractivity contribution >= 4 is 5.97 Å². The predicted octanol–water partition coefficient (Wildman–Crippen LogP) is 4.63. The van der Waals surface area contributed by atoms with Gasteiger partial charge in [0.15, 0.2) is 0 Å². The first kappa shape index (κ1) is 14.5. The SMILES string of the molecule is CCCCC1CCCCC1(CCCC)C(=O)O. The van der Waals surface area contributed by atoms with Gasteiger partial charge >= 0.3 is 5.97 Å². The Morgan fingerprint density at radius 1 is 1.24 bits per heavy atom. The minimum atomic E-state index is -0.522. The quantitative estimate of drug-likeness (QED) is 0.704. The maximum absolute atomic E-state index is 11.8. The van der Waals surface area contributed by atoms with Gasteiger partial charge in [0.1, 0.15) is 0 Å². The van der Waals surface area contributed by atoms with E-state index >= 15 is 0 Å². The summed E-state index contributed by atoms with van der Waals surface area (Å²) in [6, 6.07) is 0. The number of unbranched alkanes of at least 4 members (excludes halogenated alkanes) is 2. The minimum Gasteiger partial charge on any atom is -0.481 e. The van der Waals surface area contributed by atoms with Crippen LogP contribution in [0.25, 0.3) is 0 Å². The Hall–Kier alpha value is -0.530. The molecule has 0 amide bonds. The average Bonchev–Trinajstić information content (AvgIpc) is 2.34. The van der Waals surface area contributed by atoms with Crippen LogP contribution in [0, 0.1) is 11.3 Å². The van der Waals surface area contributed by atoms with Gasteiger partial charge in [0.25, 0.3) is 0 Å². The zero-order chi connectivity index (χ0) is 12.7. The van der Waals surface area contributed by atoms with Crippen LogP contribution in [0.2, 0.25) is 0 Å². The fourth-order valence-corrected chi connectivity index (χ4v) is 3.39. The fourth-order valence-electron chi connectivity index (χ4n) is 3.39. The third kappa shape index (κ3) is 3.46. The molecule has 1 aliphatic carbocycles. The predicted molar refractivity (Wildman–Crippen MR) is 71.1 cm³/mol. The monoisotopic (exact) mass is 240 g/mol. The number of carboxylic acids is 1. The molecule has 2 unspecified atom stereocenters. The van der Waals surface area contributed by atoms with Gasteiger partial charge in [0.05, 0.1) is 5.41 Å². The van der Waals surface area contributed by atoms with Crippen molar-refractivity contribution in [3.05, 3.63) is 0 Å². The number of aliphatic carboxylic acids is 1. The van der Waals surface area contributed by atoms with Gasteiger partial charge in [-0.05, 0) is 31.6 Å². The van der Waals surface area contributed by atoms with Crippen molar-refractivity contribution in [3.8, 4) is 0 Å². The third-order valence-corrected chi connectivity index (χ3v) is 4.52. The summed E-state index contributed by atoms with van der Waals surface area (Å²) in [5.74, 6) is -0.0907. The molecule has 1 rings (SSSR count). The molecule has 2 heteroatoms. The highest BCUT2D eigenvalue weighted by atomic mass is 16.4. The molecule has 0 aliphatic heterocycles. The Bertz CT molecular complexity index is 237. The van der Waals surface area contributed by atoms with E-state index in [0.717, 1.165) is 44.9 Å². The van der Waals surface area contributed by atoms with Crippen molar-refractivity contribution in [2.24, 2.45) is 11.3 Å². The number of carbonyl (C=O) groups is 1. The van der Waals surface area contributed by atoms with Gasteiger partial charge in [-0.25, -0.2) is 0 Å². The molecule has 1 N–H and O–H groups in total. The zero-order valence-corrected chi connectivity index (χ0v) is 11.5. The van der Waals surface area contributed by atoms with Gasteiger partial charge in [0, 0.05) is 0 Å². The van der Waals surface area contributed by atoms with Gasteiger partial charge in [-0.3, -0.25) is 4.79 Å². The molecular formula is C15H28O2. The third-order valence-electron chi connectivity index (χ3n) is 4.52. The summed E-state index contributed by atoms with van der Waals surface area (Å²) in [5, 5.41) is 9.69. The largest absolute Gasteiger partial charge is 0.481 e. The molecule has 0 aromatic carbocycles. The van der Waals surface area contributed by atoms with Gasteiger partial charge in [-0.2, -0.15) is 0 Å². The van der Waals surface area contributed by atoms with Crippen LogP contribution in [0.1, 0.15) is 78.1 Å². The van der Waals surface area contributed by atoms with Gasteiger partial charge < -0.3 is 5.11 Å². The van der Waals surface area contributed by atoms with Crippen molar-refractivity contribution in [1.29, 1.82) is 0 Å². The van der Waals surface area contributed by atoms with Crippen molar-refractivity contribution in [1.82, 2.24) is 0 Å². The lowest BCUT2D eigenvalue weighted by Crippen LogP contribution is -2.41. The molecule has 2 atom stereocenters. The molecule has 0 aromatic rings. The molecule has 17 heavy (non-hydrogen) atoms. The Morgan fingerprint density at radius 3 is 2.53 bits per heavy atom. The number of carboxylic acid groups (broad SMARTS) is 1. The fraction of sp³-hybridized carbons (Fsp3) is 0.933. The summed E-state index contributed by atoms with van der Waals surface area (Å²) < 4.78 is 0. The van der Waals surface area contributed by atoms with Crippen LogP contribution in [0.3, 0.4) is 0 Å².